The van der Waals surface area contributed by atoms with Crippen molar-refractivity contribution in [3.63, 3.8) is 0 Å². The van der Waals surface area contributed by atoms with Gasteiger partial charge in [0, 0.05) is 12.0 Å². The topological polar surface area (TPSA) is 119 Å². The van der Waals surface area contributed by atoms with E-state index in [0.29, 0.717) is 49.2 Å². The van der Waals surface area contributed by atoms with Crippen LogP contribution in [0.15, 0.2) is 60.7 Å². The average Bonchev–Trinajstić information content (AvgIpc) is 3.44. The van der Waals surface area contributed by atoms with Crippen LogP contribution in [0, 0.1) is 23.2 Å². The number of nitriles is 1. The zero-order chi connectivity index (χ0) is 28.1. The Hall–Kier alpha value is -4.42. The third kappa shape index (κ3) is 6.08. The Bertz CT molecular complexity index is 1550. The lowest BCUT2D eigenvalue weighted by Gasteiger charge is -2.25. The van der Waals surface area contributed by atoms with E-state index in [-0.39, 0.29) is 36.1 Å². The third-order valence-electron chi connectivity index (χ3n) is 7.13. The number of hydrogen-bond donors (Lipinski definition) is 1. The van der Waals surface area contributed by atoms with Gasteiger partial charge in [0.15, 0.2) is 0 Å². The molecule has 1 fully saturated rings. The maximum Gasteiger partial charge on any atom is 0.314 e. The molecule has 8 nitrogen and oxygen atoms in total. The van der Waals surface area contributed by atoms with Crippen LogP contribution in [-0.4, -0.2) is 35.7 Å². The predicted molar refractivity (Wildman–Crippen MR) is 150 cm³/mol. The van der Waals surface area contributed by atoms with Crippen LogP contribution in [0.1, 0.15) is 36.8 Å². The number of ether oxygens (including phenoxy) is 3. The molecular weight excluding hydrogens is 528 g/mol. The van der Waals surface area contributed by atoms with Gasteiger partial charge in [0.1, 0.15) is 27.8 Å². The zero-order valence-electron chi connectivity index (χ0n) is 22.0. The minimum atomic E-state index is -0.314. The summed E-state index contributed by atoms with van der Waals surface area (Å²) >= 11 is 1.54. The van der Waals surface area contributed by atoms with Crippen molar-refractivity contribution in [2.24, 2.45) is 11.8 Å². The number of thiazole rings is 1. The number of hydrogen-bond acceptors (Lipinski definition) is 9. The molecule has 0 amide bonds. The fourth-order valence-electron chi connectivity index (χ4n) is 4.87. The van der Waals surface area contributed by atoms with Gasteiger partial charge in [-0.1, -0.05) is 18.2 Å². The highest BCUT2D eigenvalue weighted by Crippen LogP contribution is 2.37. The fraction of sp³-hybridized carbons (Fsp3) is 0.290. The van der Waals surface area contributed by atoms with Crippen LogP contribution in [0.5, 0.6) is 17.2 Å². The van der Waals surface area contributed by atoms with Crippen LogP contribution in [0.2, 0.25) is 0 Å². The van der Waals surface area contributed by atoms with Gasteiger partial charge in [-0.05, 0) is 73.7 Å². The number of aromatic hydroxyl groups is 1. The number of fused-ring (bicyclic) bond motifs is 1. The van der Waals surface area contributed by atoms with Crippen molar-refractivity contribution >= 4 is 33.5 Å². The minimum Gasteiger partial charge on any atom is -0.508 e. The van der Waals surface area contributed by atoms with E-state index in [4.69, 9.17) is 24.5 Å². The van der Waals surface area contributed by atoms with Crippen LogP contribution < -0.4 is 9.47 Å². The Morgan fingerprint density at radius 2 is 1.65 bits per heavy atom. The normalized spacial score (nSPS) is 16.7. The van der Waals surface area contributed by atoms with Crippen molar-refractivity contribution in [2.75, 3.05) is 13.7 Å². The van der Waals surface area contributed by atoms with Gasteiger partial charge < -0.3 is 19.3 Å². The van der Waals surface area contributed by atoms with Crippen LogP contribution >= 0.6 is 11.3 Å². The van der Waals surface area contributed by atoms with Crippen LogP contribution in [0.4, 0.5) is 0 Å². The number of carbonyl (C=O) groups is 2. The van der Waals surface area contributed by atoms with Crippen LogP contribution in [0.3, 0.4) is 0 Å². The molecule has 0 atom stereocenters. The number of esters is 2. The monoisotopic (exact) mass is 556 g/mol. The summed E-state index contributed by atoms with van der Waals surface area (Å²) in [5, 5.41) is 19.3. The van der Waals surface area contributed by atoms with E-state index in [1.807, 2.05) is 24.3 Å². The molecule has 40 heavy (non-hydrogen) atoms. The molecular formula is C31H28N2O6S. The molecule has 0 unspecified atom stereocenters. The second kappa shape index (κ2) is 12.2. The summed E-state index contributed by atoms with van der Waals surface area (Å²) in [6, 6.07) is 19.3. The number of nitrogens with zero attached hydrogens (tertiary/aromatic N) is 2. The van der Waals surface area contributed by atoms with E-state index in [1.165, 1.54) is 12.1 Å². The standard InChI is InChI=1S/C31H28N2O6S/c1-37-26-15-10-20(28-27(26)33-29(40-28)21-4-2-19(18-32)3-5-21)16-17-38-30(35)22-6-8-23(9-7-22)31(36)39-25-13-11-24(34)12-14-25/h2-5,10-15,22-23,34H,6-9,16-17H2,1H3. The molecule has 1 heterocycles. The van der Waals surface area contributed by atoms with Crippen molar-refractivity contribution < 1.29 is 28.9 Å². The van der Waals surface area contributed by atoms with E-state index >= 15 is 0 Å². The number of benzene rings is 3. The molecule has 3 aromatic carbocycles. The number of phenolic OH excluding ortho intramolecular Hbond substituents is 1. The van der Waals surface area contributed by atoms with Gasteiger partial charge in [-0.3, -0.25) is 9.59 Å². The first-order valence-corrected chi connectivity index (χ1v) is 13.9. The summed E-state index contributed by atoms with van der Waals surface area (Å²) in [6.45, 7) is 0.243. The Labute approximate surface area is 235 Å². The van der Waals surface area contributed by atoms with Gasteiger partial charge in [-0.25, -0.2) is 4.98 Å². The molecule has 204 valence electrons. The molecule has 9 heteroatoms. The number of carbonyl (C=O) groups excluding carboxylic acids is 2. The molecule has 1 saturated carbocycles. The maximum absolute atomic E-state index is 12.8. The first kappa shape index (κ1) is 27.2. The molecule has 4 aromatic rings. The van der Waals surface area contributed by atoms with E-state index < -0.39 is 0 Å². The predicted octanol–water partition coefficient (Wildman–Crippen LogP) is 6.05. The average molecular weight is 557 g/mol. The van der Waals surface area contributed by atoms with Gasteiger partial charge in [0.2, 0.25) is 0 Å². The van der Waals surface area contributed by atoms with E-state index in [0.717, 1.165) is 26.4 Å². The SMILES string of the molecule is COc1ccc(CCOC(=O)C2CCC(C(=O)Oc3ccc(O)cc3)CC2)c2sc(-c3ccc(C#N)cc3)nc12. The largest absolute Gasteiger partial charge is 0.508 e. The van der Waals surface area contributed by atoms with Gasteiger partial charge in [0.25, 0.3) is 0 Å². The minimum absolute atomic E-state index is 0.107. The van der Waals surface area contributed by atoms with Gasteiger partial charge in [-0.15, -0.1) is 11.3 Å². The van der Waals surface area contributed by atoms with Gasteiger partial charge >= 0.3 is 11.9 Å². The van der Waals surface area contributed by atoms with E-state index in [2.05, 4.69) is 6.07 Å². The third-order valence-corrected chi connectivity index (χ3v) is 8.31. The summed E-state index contributed by atoms with van der Waals surface area (Å²) < 4.78 is 17.6. The zero-order valence-corrected chi connectivity index (χ0v) is 22.8. The highest BCUT2D eigenvalue weighted by Gasteiger charge is 2.32. The van der Waals surface area contributed by atoms with E-state index in [1.54, 1.807) is 42.7 Å². The van der Waals surface area contributed by atoms with Crippen molar-refractivity contribution in [3.05, 3.63) is 71.8 Å². The van der Waals surface area contributed by atoms with Crippen LogP contribution in [-0.2, 0) is 20.7 Å². The number of phenols is 1. The summed E-state index contributed by atoms with van der Waals surface area (Å²) in [7, 11) is 1.61. The molecule has 0 radical (unpaired) electrons. The first-order chi connectivity index (χ1) is 19.4. The van der Waals surface area contributed by atoms with Crippen molar-refractivity contribution in [1.82, 2.24) is 4.98 Å². The molecule has 0 bridgehead atoms. The summed E-state index contributed by atoms with van der Waals surface area (Å²) in [4.78, 5) is 30.1. The number of aromatic nitrogens is 1. The second-order valence-corrected chi connectivity index (χ2v) is 10.7. The summed E-state index contributed by atoms with van der Waals surface area (Å²) in [5.41, 5.74) is 3.28. The van der Waals surface area contributed by atoms with Crippen LogP contribution in [0.25, 0.3) is 20.8 Å². The maximum atomic E-state index is 12.8. The molecule has 5 rings (SSSR count). The highest BCUT2D eigenvalue weighted by atomic mass is 32.1. The fourth-order valence-corrected chi connectivity index (χ4v) is 5.99. The quantitative estimate of drug-likeness (QED) is 0.206. The van der Waals surface area contributed by atoms with Crippen molar-refractivity contribution in [2.45, 2.75) is 32.1 Å². The number of rotatable bonds is 8. The molecule has 1 aromatic heterocycles. The Morgan fingerprint density at radius 3 is 2.30 bits per heavy atom. The molecule has 0 spiro atoms. The van der Waals surface area contributed by atoms with Gasteiger partial charge in [0.05, 0.1) is 41.9 Å². The van der Waals surface area contributed by atoms with E-state index in [9.17, 15) is 14.7 Å². The lowest BCUT2D eigenvalue weighted by molar-refractivity contribution is -0.152. The van der Waals surface area contributed by atoms with Crippen molar-refractivity contribution in [3.8, 4) is 33.9 Å². The molecule has 1 aliphatic rings. The summed E-state index contributed by atoms with van der Waals surface area (Å²) in [5.74, 6) is 0.121. The number of methoxy groups -OCH3 is 1. The first-order valence-electron chi connectivity index (χ1n) is 13.1. The highest BCUT2D eigenvalue weighted by molar-refractivity contribution is 7.21. The second-order valence-electron chi connectivity index (χ2n) is 9.69. The molecule has 0 saturated heterocycles. The Balaban J connectivity index is 1.16. The molecule has 1 N–H and O–H groups in total. The van der Waals surface area contributed by atoms with Gasteiger partial charge in [-0.2, -0.15) is 5.26 Å². The summed E-state index contributed by atoms with van der Waals surface area (Å²) in [6.07, 6.45) is 2.81. The smallest absolute Gasteiger partial charge is 0.314 e. The lowest BCUT2D eigenvalue weighted by Crippen LogP contribution is -2.29. The van der Waals surface area contributed by atoms with Crippen molar-refractivity contribution in [1.29, 1.82) is 5.26 Å². The Kier molecular flexibility index (Phi) is 8.27. The lowest BCUT2D eigenvalue weighted by atomic mass is 9.82. The molecule has 1 aliphatic carbocycles. The Morgan fingerprint density at radius 1 is 0.975 bits per heavy atom. The molecule has 0 aliphatic heterocycles.